The van der Waals surface area contributed by atoms with Crippen LogP contribution in [0.15, 0.2) is 48.7 Å². The lowest BCUT2D eigenvalue weighted by atomic mass is 9.69. The molecule has 0 atom stereocenters. The van der Waals surface area contributed by atoms with Crippen molar-refractivity contribution in [3.63, 3.8) is 0 Å². The van der Waals surface area contributed by atoms with Crippen LogP contribution in [0.5, 0.6) is 0 Å². The van der Waals surface area contributed by atoms with E-state index in [1.165, 1.54) is 5.56 Å². The van der Waals surface area contributed by atoms with Gasteiger partial charge >= 0.3 is 6.03 Å². The second kappa shape index (κ2) is 8.64. The highest BCUT2D eigenvalue weighted by molar-refractivity contribution is 7.91. The molecule has 2 saturated heterocycles. The van der Waals surface area contributed by atoms with Crippen LogP contribution < -0.4 is 10.2 Å². The molecule has 1 spiro atoms. The number of nitrogens with zero attached hydrogens (tertiary/aromatic N) is 3. The van der Waals surface area contributed by atoms with Crippen molar-refractivity contribution in [1.82, 2.24) is 15.2 Å². The molecule has 1 saturated carbocycles. The Kier molecular flexibility index (Phi) is 5.92. The predicted molar refractivity (Wildman–Crippen MR) is 134 cm³/mol. The Hall–Kier alpha value is -2.45. The summed E-state index contributed by atoms with van der Waals surface area (Å²) in [6.07, 6.45) is 6.83. The summed E-state index contributed by atoms with van der Waals surface area (Å²) in [5.74, 6) is 0.636. The van der Waals surface area contributed by atoms with E-state index in [2.05, 4.69) is 59.6 Å². The van der Waals surface area contributed by atoms with Crippen LogP contribution in [0.1, 0.15) is 55.7 Å². The monoisotopic (exact) mass is 482 g/mol. The maximum absolute atomic E-state index is 13.0. The molecule has 182 valence electrons. The Bertz CT molecular complexity index is 1130. The Morgan fingerprint density at radius 1 is 1.00 bits per heavy atom. The van der Waals surface area contributed by atoms with Gasteiger partial charge < -0.3 is 5.32 Å². The van der Waals surface area contributed by atoms with E-state index in [0.29, 0.717) is 19.4 Å². The molecule has 1 aromatic heterocycles. The van der Waals surface area contributed by atoms with Gasteiger partial charge in [0.15, 0.2) is 0 Å². The molecule has 2 aromatic rings. The number of hydrogen-bond acceptors (Lipinski definition) is 5. The van der Waals surface area contributed by atoms with E-state index in [1.807, 2.05) is 17.0 Å². The molecule has 8 heteroatoms. The van der Waals surface area contributed by atoms with Crippen LogP contribution in [0.3, 0.4) is 0 Å². The van der Waals surface area contributed by atoms with Crippen molar-refractivity contribution in [2.75, 3.05) is 37.0 Å². The molecule has 3 fully saturated rings. The van der Waals surface area contributed by atoms with Crippen molar-refractivity contribution in [2.45, 2.75) is 55.5 Å². The number of carbonyl (C=O) groups excluding carboxylic acids is 1. The third-order valence-electron chi connectivity index (χ3n) is 8.33. The molecule has 1 N–H and O–H groups in total. The summed E-state index contributed by atoms with van der Waals surface area (Å²) in [6.45, 7) is 0.646. The zero-order chi connectivity index (χ0) is 24.0. The molecule has 0 bridgehead atoms. The highest BCUT2D eigenvalue weighted by Crippen LogP contribution is 2.46. The number of aromatic nitrogens is 1. The van der Waals surface area contributed by atoms with Gasteiger partial charge in [-0.15, -0.1) is 0 Å². The first kappa shape index (κ1) is 23.3. The van der Waals surface area contributed by atoms with Crippen molar-refractivity contribution >= 4 is 21.6 Å². The molecule has 7 nitrogen and oxygen atoms in total. The molecule has 1 aromatic carbocycles. The number of anilines is 1. The van der Waals surface area contributed by atoms with Crippen LogP contribution in [-0.2, 0) is 15.4 Å². The number of urea groups is 1. The van der Waals surface area contributed by atoms with Gasteiger partial charge in [-0.1, -0.05) is 30.3 Å². The summed E-state index contributed by atoms with van der Waals surface area (Å²) < 4.78 is 23.4. The number of rotatable bonds is 4. The van der Waals surface area contributed by atoms with Crippen molar-refractivity contribution < 1.29 is 13.2 Å². The van der Waals surface area contributed by atoms with Crippen LogP contribution in [-0.4, -0.2) is 62.0 Å². The lowest BCUT2D eigenvalue weighted by Crippen LogP contribution is -2.54. The van der Waals surface area contributed by atoms with E-state index in [0.717, 1.165) is 37.1 Å². The molecule has 34 heavy (non-hydrogen) atoms. The topological polar surface area (TPSA) is 82.6 Å². The Morgan fingerprint density at radius 2 is 1.68 bits per heavy atom. The Balaban J connectivity index is 1.28. The highest BCUT2D eigenvalue weighted by Gasteiger charge is 2.50. The normalized spacial score (nSPS) is 26.7. The van der Waals surface area contributed by atoms with E-state index in [1.54, 1.807) is 6.20 Å². The zero-order valence-corrected chi connectivity index (χ0v) is 20.9. The first-order valence-corrected chi connectivity index (χ1v) is 14.0. The first-order valence-electron chi connectivity index (χ1n) is 12.2. The number of benzene rings is 1. The van der Waals surface area contributed by atoms with Gasteiger partial charge in [0.25, 0.3) is 0 Å². The third kappa shape index (κ3) is 4.22. The number of carbonyl (C=O) groups is 1. The number of pyridine rings is 1. The summed E-state index contributed by atoms with van der Waals surface area (Å²) in [7, 11) is 1.41. The van der Waals surface area contributed by atoms with Gasteiger partial charge in [-0.2, -0.15) is 0 Å². The third-order valence-corrected chi connectivity index (χ3v) is 10.1. The van der Waals surface area contributed by atoms with E-state index in [9.17, 15) is 13.2 Å². The smallest absolute Gasteiger partial charge is 0.322 e. The van der Waals surface area contributed by atoms with Crippen LogP contribution in [0.25, 0.3) is 0 Å². The minimum Gasteiger partial charge on any atom is -0.330 e. The molecular weight excluding hydrogens is 448 g/mol. The maximum Gasteiger partial charge on any atom is 0.322 e. The highest BCUT2D eigenvalue weighted by atomic mass is 32.2. The molecule has 3 aliphatic rings. The summed E-state index contributed by atoms with van der Waals surface area (Å²) in [5, 5.41) is 3.31. The standard InChI is InChI=1S/C26H34N4O3S/c1-29(2)26(21-6-4-3-5-7-21)14-12-25(13-15-26)19-30(24(31)28-25)22-8-9-23(27-18-22)20-10-16-34(32,33)17-11-20/h3-9,18,20H,10-17,19H2,1-2H3,(H,28,31)/t25-,26+. The molecule has 5 rings (SSSR count). The second-order valence-corrected chi connectivity index (χ2v) is 12.8. The number of nitrogens with one attached hydrogen (secondary N) is 1. The fourth-order valence-corrected chi connectivity index (χ4v) is 7.56. The Labute approximate surface area is 202 Å². The largest absolute Gasteiger partial charge is 0.330 e. The minimum atomic E-state index is -2.89. The molecule has 2 amide bonds. The van der Waals surface area contributed by atoms with Gasteiger partial charge in [0, 0.05) is 17.2 Å². The average Bonchev–Trinajstić information content (AvgIpc) is 3.16. The Morgan fingerprint density at radius 3 is 2.26 bits per heavy atom. The summed E-state index contributed by atoms with van der Waals surface area (Å²) >= 11 is 0. The molecule has 1 aliphatic carbocycles. The van der Waals surface area contributed by atoms with Crippen LogP contribution in [0, 0.1) is 0 Å². The van der Waals surface area contributed by atoms with E-state index >= 15 is 0 Å². The van der Waals surface area contributed by atoms with Gasteiger partial charge in [-0.05, 0) is 70.3 Å². The van der Waals surface area contributed by atoms with E-state index < -0.39 is 9.84 Å². The zero-order valence-electron chi connectivity index (χ0n) is 20.0. The quantitative estimate of drug-likeness (QED) is 0.719. The van der Waals surface area contributed by atoms with Gasteiger partial charge in [0.2, 0.25) is 0 Å². The number of hydrogen-bond donors (Lipinski definition) is 1. The fourth-order valence-electron chi connectivity index (χ4n) is 6.07. The molecular formula is C26H34N4O3S. The lowest BCUT2D eigenvalue weighted by Gasteiger charge is -2.48. The number of amides is 2. The van der Waals surface area contributed by atoms with Gasteiger partial charge in [0.1, 0.15) is 9.84 Å². The van der Waals surface area contributed by atoms with Crippen LogP contribution in [0.2, 0.25) is 0 Å². The van der Waals surface area contributed by atoms with Crippen molar-refractivity contribution in [1.29, 1.82) is 0 Å². The van der Waals surface area contributed by atoms with Gasteiger partial charge in [0.05, 0.1) is 35.5 Å². The van der Waals surface area contributed by atoms with Crippen LogP contribution in [0.4, 0.5) is 10.5 Å². The van der Waals surface area contributed by atoms with Crippen LogP contribution >= 0.6 is 0 Å². The number of sulfone groups is 1. The molecule has 0 unspecified atom stereocenters. The minimum absolute atomic E-state index is 0.0126. The summed E-state index contributed by atoms with van der Waals surface area (Å²) in [5.41, 5.74) is 2.83. The fraction of sp³-hybridized carbons (Fsp3) is 0.538. The summed E-state index contributed by atoms with van der Waals surface area (Å²) in [4.78, 5) is 21.8. The average molecular weight is 483 g/mol. The van der Waals surface area contributed by atoms with Gasteiger partial charge in [-0.3, -0.25) is 14.8 Å². The summed E-state index contributed by atoms with van der Waals surface area (Å²) in [6, 6.07) is 14.6. The molecule has 0 radical (unpaired) electrons. The van der Waals surface area contributed by atoms with Crippen molar-refractivity contribution in [2.24, 2.45) is 0 Å². The lowest BCUT2D eigenvalue weighted by molar-refractivity contribution is 0.0658. The first-order chi connectivity index (χ1) is 16.2. The van der Waals surface area contributed by atoms with E-state index in [4.69, 9.17) is 0 Å². The molecule has 2 aliphatic heterocycles. The predicted octanol–water partition coefficient (Wildman–Crippen LogP) is 3.67. The molecule has 3 heterocycles. The van der Waals surface area contributed by atoms with Crippen molar-refractivity contribution in [3.8, 4) is 0 Å². The maximum atomic E-state index is 13.0. The van der Waals surface area contributed by atoms with Crippen molar-refractivity contribution in [3.05, 3.63) is 59.9 Å². The second-order valence-electron chi connectivity index (χ2n) is 10.5. The SMILES string of the molecule is CN(C)[C@]1(c2ccccc2)CC[C@]2(CC1)CN(c1ccc(C3CCS(=O)(=O)CC3)nc1)C(=O)N2. The van der Waals surface area contributed by atoms with E-state index in [-0.39, 0.29) is 34.5 Å². The van der Waals surface area contributed by atoms with Gasteiger partial charge in [-0.25, -0.2) is 13.2 Å².